The van der Waals surface area contributed by atoms with Crippen LogP contribution in [0.25, 0.3) is 22.3 Å². The van der Waals surface area contributed by atoms with Gasteiger partial charge in [0.05, 0.1) is 0 Å². The molecule has 218 valence electrons. The van der Waals surface area contributed by atoms with E-state index in [1.54, 1.807) is 0 Å². The summed E-state index contributed by atoms with van der Waals surface area (Å²) in [6.45, 7) is 18.5. The third-order valence-corrected chi connectivity index (χ3v) is 9.49. The smallest absolute Gasteiger partial charge is 0.0406 e. The molecule has 4 aromatic carbocycles. The molecule has 0 bridgehead atoms. The van der Waals surface area contributed by atoms with Crippen molar-refractivity contribution in [2.24, 2.45) is 0 Å². The molecule has 0 spiro atoms. The second-order valence-electron chi connectivity index (χ2n) is 14.1. The zero-order valence-electron chi connectivity index (χ0n) is 26.5. The Balaban J connectivity index is 1.92. The van der Waals surface area contributed by atoms with Gasteiger partial charge in [-0.3, -0.25) is 0 Å². The number of aryl methyl sites for hydroxylation is 1. The van der Waals surface area contributed by atoms with E-state index in [2.05, 4.69) is 116 Å². The molecule has 0 aliphatic heterocycles. The lowest BCUT2D eigenvalue weighted by atomic mass is 9.79. The average Bonchev–Trinajstić information content (AvgIpc) is 3.56. The lowest BCUT2D eigenvalue weighted by Crippen LogP contribution is -2.36. The predicted octanol–water partition coefficient (Wildman–Crippen LogP) is 10.5. The Morgan fingerprint density at radius 1 is 0.651 bits per heavy atom. The van der Waals surface area contributed by atoms with Crippen LogP contribution in [0.15, 0.2) is 90.5 Å². The molecular formula is C41H40Cl2. The van der Waals surface area contributed by atoms with Gasteiger partial charge < -0.3 is 0 Å². The van der Waals surface area contributed by atoms with Gasteiger partial charge in [0, 0.05) is 10.0 Å². The van der Waals surface area contributed by atoms with Gasteiger partial charge in [0.25, 0.3) is 0 Å². The van der Waals surface area contributed by atoms with Gasteiger partial charge in [-0.05, 0) is 145 Å². The summed E-state index contributed by atoms with van der Waals surface area (Å²) < 4.78 is 0. The number of benzene rings is 4. The Kier molecular flexibility index (Phi) is 7.39. The van der Waals surface area contributed by atoms with E-state index in [9.17, 15) is 0 Å². The molecule has 0 unspecified atom stereocenters. The number of halogens is 2. The van der Waals surface area contributed by atoms with Gasteiger partial charge in [0.1, 0.15) is 0 Å². The normalized spacial score (nSPS) is 14.2. The van der Waals surface area contributed by atoms with Gasteiger partial charge in [-0.2, -0.15) is 0 Å². The maximum absolute atomic E-state index is 6.43. The second kappa shape index (κ2) is 10.7. The summed E-state index contributed by atoms with van der Waals surface area (Å²) >= 11 is 12.9. The molecule has 0 fully saturated rings. The highest BCUT2D eigenvalue weighted by atomic mass is 35.5. The number of hydrogen-bond acceptors (Lipinski definition) is 0. The van der Waals surface area contributed by atoms with Gasteiger partial charge in [0.15, 0.2) is 0 Å². The molecule has 0 N–H and O–H groups in total. The minimum absolute atomic E-state index is 0.0422. The van der Waals surface area contributed by atoms with E-state index in [0.29, 0.717) is 0 Å². The first kappa shape index (κ1) is 29.7. The Hall–Kier alpha value is -3.32. The predicted molar refractivity (Wildman–Crippen MR) is 187 cm³/mol. The fourth-order valence-electron chi connectivity index (χ4n) is 7.08. The van der Waals surface area contributed by atoms with Gasteiger partial charge in [0.2, 0.25) is 0 Å². The minimum atomic E-state index is -0.0480. The Morgan fingerprint density at radius 2 is 1.19 bits per heavy atom. The van der Waals surface area contributed by atoms with E-state index in [-0.39, 0.29) is 10.8 Å². The highest BCUT2D eigenvalue weighted by molar-refractivity contribution is 6.31. The van der Waals surface area contributed by atoms with Crippen LogP contribution in [0, 0.1) is 13.8 Å². The second-order valence-corrected chi connectivity index (χ2v) is 15.0. The van der Waals surface area contributed by atoms with Crippen molar-refractivity contribution in [2.75, 3.05) is 0 Å². The molecule has 0 nitrogen and oxygen atoms in total. The summed E-state index contributed by atoms with van der Waals surface area (Å²) in [4.78, 5) is 0. The molecule has 43 heavy (non-hydrogen) atoms. The first-order valence-corrected chi connectivity index (χ1v) is 16.0. The monoisotopic (exact) mass is 602 g/mol. The first-order valence-electron chi connectivity index (χ1n) is 15.2. The van der Waals surface area contributed by atoms with Crippen LogP contribution >= 0.6 is 23.2 Å². The third kappa shape index (κ3) is 5.24. The topological polar surface area (TPSA) is 0 Å². The summed E-state index contributed by atoms with van der Waals surface area (Å²) in [5.74, 6) is 0. The van der Waals surface area contributed by atoms with E-state index >= 15 is 0 Å². The van der Waals surface area contributed by atoms with Gasteiger partial charge in [-0.15, -0.1) is 0 Å². The van der Waals surface area contributed by atoms with Gasteiger partial charge in [-0.25, -0.2) is 0 Å². The van der Waals surface area contributed by atoms with E-state index in [1.165, 1.54) is 66.1 Å². The third-order valence-electron chi connectivity index (χ3n) is 8.99. The molecule has 6 rings (SSSR count). The summed E-state index contributed by atoms with van der Waals surface area (Å²) in [5.41, 5.74) is 15.7. The SMILES string of the molecule is Cc1cc2c(cc1C(C)(C)C)-c1cc(C(C)(C)C)c(C)c(=C(c3ccc(Cl)cc3)c3ccc(Cl)cc3)c1=C2C1=CC=CC1. The number of fused-ring (bicyclic) bond motifs is 3. The molecule has 0 heterocycles. The Morgan fingerprint density at radius 3 is 1.67 bits per heavy atom. The standard InChI is InChI=1S/C41H40Cl2/c1-24-21-32-31(22-34(24)40(3,4)5)33-23-35(41(6,7)8)25(2)36(39(33)38(32)26-11-9-10-12-26)37(27-13-17-29(42)18-14-27)28-15-19-30(43)20-16-28/h9-11,13-23H,12H2,1-8H3. The summed E-state index contributed by atoms with van der Waals surface area (Å²) in [6.07, 6.45) is 7.72. The number of allylic oxidation sites excluding steroid dienone is 4. The molecule has 0 atom stereocenters. The number of hydrogen-bond donors (Lipinski definition) is 0. The maximum Gasteiger partial charge on any atom is 0.0406 e. The van der Waals surface area contributed by atoms with Crippen molar-refractivity contribution < 1.29 is 0 Å². The molecule has 2 aliphatic carbocycles. The summed E-state index contributed by atoms with van der Waals surface area (Å²) in [7, 11) is 0. The van der Waals surface area contributed by atoms with Crippen LogP contribution in [0.4, 0.5) is 0 Å². The summed E-state index contributed by atoms with van der Waals surface area (Å²) in [6, 6.07) is 24.0. The molecule has 2 aliphatic rings. The van der Waals surface area contributed by atoms with E-state index in [4.69, 9.17) is 23.2 Å². The van der Waals surface area contributed by atoms with Crippen molar-refractivity contribution in [1.29, 1.82) is 0 Å². The first-order chi connectivity index (χ1) is 20.3. The lowest BCUT2D eigenvalue weighted by Gasteiger charge is -2.25. The molecule has 0 aromatic heterocycles. The van der Waals surface area contributed by atoms with Crippen LogP contribution in [-0.4, -0.2) is 0 Å². The van der Waals surface area contributed by atoms with Gasteiger partial charge in [-0.1, -0.05) is 113 Å². The Labute approximate surface area is 267 Å². The van der Waals surface area contributed by atoms with Crippen LogP contribution in [0.5, 0.6) is 0 Å². The molecule has 0 saturated heterocycles. The average molecular weight is 604 g/mol. The fourth-order valence-corrected chi connectivity index (χ4v) is 7.33. The van der Waals surface area contributed by atoms with Crippen molar-refractivity contribution in [3.8, 4) is 11.1 Å². The highest BCUT2D eigenvalue weighted by Gasteiger charge is 2.31. The van der Waals surface area contributed by atoms with Crippen molar-refractivity contribution in [1.82, 2.24) is 0 Å². The molecule has 2 heteroatoms. The zero-order chi connectivity index (χ0) is 30.8. The van der Waals surface area contributed by atoms with E-state index in [0.717, 1.165) is 27.6 Å². The number of rotatable bonds is 3. The highest BCUT2D eigenvalue weighted by Crippen LogP contribution is 2.43. The van der Waals surface area contributed by atoms with Crippen LogP contribution < -0.4 is 10.4 Å². The molecule has 4 aromatic rings. The van der Waals surface area contributed by atoms with Crippen molar-refractivity contribution >= 4 is 34.3 Å². The minimum Gasteiger partial charge on any atom is -0.0843 e. The van der Waals surface area contributed by atoms with Crippen LogP contribution in [0.1, 0.15) is 86.9 Å². The van der Waals surface area contributed by atoms with Crippen molar-refractivity contribution in [3.63, 3.8) is 0 Å². The molecular weight excluding hydrogens is 563 g/mol. The van der Waals surface area contributed by atoms with Crippen LogP contribution in [0.2, 0.25) is 10.0 Å². The lowest BCUT2D eigenvalue weighted by molar-refractivity contribution is 0.584. The van der Waals surface area contributed by atoms with Crippen LogP contribution in [-0.2, 0) is 10.8 Å². The van der Waals surface area contributed by atoms with Gasteiger partial charge >= 0.3 is 0 Å². The van der Waals surface area contributed by atoms with Crippen molar-refractivity contribution in [3.05, 3.63) is 150 Å². The van der Waals surface area contributed by atoms with E-state index < -0.39 is 0 Å². The van der Waals surface area contributed by atoms with Crippen LogP contribution in [0.3, 0.4) is 0 Å². The largest absolute Gasteiger partial charge is 0.0843 e. The maximum atomic E-state index is 6.43. The van der Waals surface area contributed by atoms with Crippen molar-refractivity contribution in [2.45, 2.75) is 72.6 Å². The molecule has 0 saturated carbocycles. The molecule has 0 radical (unpaired) electrons. The molecule has 0 amide bonds. The zero-order valence-corrected chi connectivity index (χ0v) is 28.1. The quantitative estimate of drug-likeness (QED) is 0.219. The fraction of sp³-hybridized carbons (Fsp3) is 0.268. The van der Waals surface area contributed by atoms with E-state index in [1.807, 2.05) is 24.3 Å². The Bertz CT molecular complexity index is 1900. The summed E-state index contributed by atoms with van der Waals surface area (Å²) in [5, 5.41) is 4.09.